The summed E-state index contributed by atoms with van der Waals surface area (Å²) in [6, 6.07) is 0. The van der Waals surface area contributed by atoms with Gasteiger partial charge in [0.05, 0.1) is 0 Å². The van der Waals surface area contributed by atoms with E-state index < -0.39 is 42.5 Å². The third-order valence-electron chi connectivity index (χ3n) is 3.32. The lowest BCUT2D eigenvalue weighted by atomic mass is 11.8. The fourth-order valence-electron chi connectivity index (χ4n) is 3.64. The molecule has 0 bridgehead atoms. The average Bonchev–Trinajstić information content (AvgIpc) is 1.90. The van der Waals surface area contributed by atoms with Crippen molar-refractivity contribution in [1.29, 1.82) is 0 Å². The van der Waals surface area contributed by atoms with Gasteiger partial charge in [-0.05, 0) is 32.7 Å². The van der Waals surface area contributed by atoms with Gasteiger partial charge in [-0.25, -0.2) is 0 Å². The molecule has 1 heterocycles. The van der Waals surface area contributed by atoms with Gasteiger partial charge in [-0.1, -0.05) is 39.3 Å². The SMILES string of the molecule is C[Si]1N([Si](C)(C)C)[Si](C)(O[Si](C)(C)C)N1[Si](C)(C)C. The Balaban J connectivity index is 3.17. The van der Waals surface area contributed by atoms with E-state index in [1.165, 1.54) is 0 Å². The second-order valence-electron chi connectivity index (χ2n) is 8.71. The molecule has 1 radical (unpaired) electrons. The molecule has 1 fully saturated rings. The molecule has 19 heavy (non-hydrogen) atoms. The Labute approximate surface area is 126 Å². The highest BCUT2D eigenvalue weighted by Crippen LogP contribution is 2.41. The Hall–Kier alpha value is 0.964. The maximum absolute atomic E-state index is 6.83. The van der Waals surface area contributed by atoms with E-state index >= 15 is 0 Å². The van der Waals surface area contributed by atoms with Gasteiger partial charge in [0.25, 0.3) is 0 Å². The molecule has 0 saturated carbocycles. The van der Waals surface area contributed by atoms with Crippen LogP contribution < -0.4 is 0 Å². The van der Waals surface area contributed by atoms with Gasteiger partial charge in [0.15, 0.2) is 8.32 Å². The maximum Gasteiger partial charge on any atom is 0.318 e. The van der Waals surface area contributed by atoms with E-state index in [1.807, 2.05) is 0 Å². The first-order valence-corrected chi connectivity index (χ1v) is 21.7. The summed E-state index contributed by atoms with van der Waals surface area (Å²) >= 11 is 0. The Morgan fingerprint density at radius 1 is 0.789 bits per heavy atom. The summed E-state index contributed by atoms with van der Waals surface area (Å²) in [7, 11) is -6.38. The second kappa shape index (κ2) is 5.01. The van der Waals surface area contributed by atoms with E-state index in [0.717, 1.165) is 0 Å². The summed E-state index contributed by atoms with van der Waals surface area (Å²) in [6.45, 7) is 26.9. The summed E-state index contributed by atoms with van der Waals surface area (Å²) in [4.78, 5) is 0. The molecule has 3 nitrogen and oxygen atoms in total. The van der Waals surface area contributed by atoms with Crippen LogP contribution in [0.25, 0.3) is 0 Å². The molecule has 8 heteroatoms. The van der Waals surface area contributed by atoms with Crippen molar-refractivity contribution >= 4 is 42.5 Å². The minimum absolute atomic E-state index is 0.514. The molecular formula is C11H33N2OSi5. The van der Waals surface area contributed by atoms with Crippen LogP contribution in [-0.4, -0.2) is 50.3 Å². The van der Waals surface area contributed by atoms with E-state index in [9.17, 15) is 0 Å². The van der Waals surface area contributed by atoms with Gasteiger partial charge < -0.3 is 11.9 Å². The average molecular weight is 350 g/mol. The third kappa shape index (κ3) is 3.59. The molecule has 0 unspecified atom stereocenters. The minimum atomic E-state index is -1.83. The molecule has 0 amide bonds. The smallest absolute Gasteiger partial charge is 0.318 e. The highest BCUT2D eigenvalue weighted by atomic mass is 28.6. The lowest BCUT2D eigenvalue weighted by molar-refractivity contribution is 0.410. The van der Waals surface area contributed by atoms with Crippen LogP contribution in [0.1, 0.15) is 0 Å². The summed E-state index contributed by atoms with van der Waals surface area (Å²) in [5, 5.41) is 0. The first kappa shape index (κ1) is 18.0. The van der Waals surface area contributed by atoms with Gasteiger partial charge >= 0.3 is 8.64 Å². The Kier molecular flexibility index (Phi) is 4.75. The topological polar surface area (TPSA) is 15.7 Å². The van der Waals surface area contributed by atoms with E-state index in [4.69, 9.17) is 4.12 Å². The van der Waals surface area contributed by atoms with Gasteiger partial charge in [0.1, 0.15) is 16.5 Å². The van der Waals surface area contributed by atoms with Crippen LogP contribution in [0.15, 0.2) is 0 Å². The Morgan fingerprint density at radius 3 is 1.32 bits per heavy atom. The fourth-order valence-corrected chi connectivity index (χ4v) is 37.1. The number of hydrogen-bond acceptors (Lipinski definition) is 3. The lowest BCUT2D eigenvalue weighted by Gasteiger charge is -2.69. The number of rotatable bonds is 4. The summed E-state index contributed by atoms with van der Waals surface area (Å²) < 4.78 is 12.7. The molecule has 1 rings (SSSR count). The molecule has 0 aliphatic carbocycles. The Bertz CT molecular complexity index is 322. The number of nitrogens with zero attached hydrogens (tertiary/aromatic N) is 2. The summed E-state index contributed by atoms with van der Waals surface area (Å²) in [5.41, 5.74) is 0. The molecule has 0 aromatic rings. The first-order chi connectivity index (χ1) is 8.11. The predicted octanol–water partition coefficient (Wildman–Crippen LogP) is 3.81. The van der Waals surface area contributed by atoms with Crippen molar-refractivity contribution in [1.82, 2.24) is 7.79 Å². The van der Waals surface area contributed by atoms with Gasteiger partial charge in [-0.2, -0.15) is 0 Å². The minimum Gasteiger partial charge on any atom is -0.435 e. The Morgan fingerprint density at radius 2 is 1.11 bits per heavy atom. The molecule has 1 saturated heterocycles. The van der Waals surface area contributed by atoms with Crippen molar-refractivity contribution in [2.75, 3.05) is 0 Å². The van der Waals surface area contributed by atoms with Gasteiger partial charge in [0, 0.05) is 0 Å². The molecule has 1 aliphatic heterocycles. The summed E-state index contributed by atoms with van der Waals surface area (Å²) in [5.74, 6) is 0. The van der Waals surface area contributed by atoms with E-state index in [-0.39, 0.29) is 0 Å². The van der Waals surface area contributed by atoms with Gasteiger partial charge in [-0.15, -0.1) is 0 Å². The zero-order valence-corrected chi connectivity index (χ0v) is 19.8. The van der Waals surface area contributed by atoms with Crippen molar-refractivity contribution in [2.24, 2.45) is 0 Å². The highest BCUT2D eigenvalue weighted by molar-refractivity contribution is 7.14. The lowest BCUT2D eigenvalue weighted by Crippen LogP contribution is -2.94. The molecular weight excluding hydrogens is 317 g/mol. The van der Waals surface area contributed by atoms with Crippen molar-refractivity contribution in [3.8, 4) is 0 Å². The standard InChI is InChI=1S/C11H33N2OSi5/c1-15-12(16(2,3)4)19(11,14-18(8,9)10)13(15)17(5,6)7/h1-11H3. The molecule has 113 valence electrons. The van der Waals surface area contributed by atoms with Gasteiger partial charge in [-0.3, -0.25) is 0 Å². The maximum atomic E-state index is 6.83. The van der Waals surface area contributed by atoms with Crippen LogP contribution >= 0.6 is 0 Å². The molecule has 0 aromatic heterocycles. The fraction of sp³-hybridized carbons (Fsp3) is 1.00. The largest absolute Gasteiger partial charge is 0.435 e. The summed E-state index contributed by atoms with van der Waals surface area (Å²) in [6.07, 6.45) is 0. The van der Waals surface area contributed by atoms with E-state index in [1.54, 1.807) is 0 Å². The van der Waals surface area contributed by atoms with Gasteiger partial charge in [0.2, 0.25) is 9.12 Å². The van der Waals surface area contributed by atoms with Crippen LogP contribution in [0.4, 0.5) is 0 Å². The third-order valence-corrected chi connectivity index (χ3v) is 29.9. The highest BCUT2D eigenvalue weighted by Gasteiger charge is 2.66. The number of hydrogen-bond donors (Lipinski definition) is 0. The molecule has 0 N–H and O–H groups in total. The first-order valence-electron chi connectivity index (χ1n) is 7.25. The molecule has 0 aromatic carbocycles. The van der Waals surface area contributed by atoms with Crippen molar-refractivity contribution < 1.29 is 4.12 Å². The van der Waals surface area contributed by atoms with Crippen LogP contribution in [0, 0.1) is 0 Å². The van der Waals surface area contributed by atoms with Crippen molar-refractivity contribution in [3.05, 3.63) is 0 Å². The van der Waals surface area contributed by atoms with E-state index in [2.05, 4.69) is 79.8 Å². The monoisotopic (exact) mass is 349 g/mol. The van der Waals surface area contributed by atoms with Crippen LogP contribution in [0.3, 0.4) is 0 Å². The predicted molar refractivity (Wildman–Crippen MR) is 98.0 cm³/mol. The van der Waals surface area contributed by atoms with Crippen LogP contribution in [0.5, 0.6) is 0 Å². The molecule has 1 aliphatic rings. The second-order valence-corrected chi connectivity index (χ2v) is 30.8. The molecule has 0 spiro atoms. The van der Waals surface area contributed by atoms with E-state index in [0.29, 0.717) is 0 Å². The van der Waals surface area contributed by atoms with Crippen LogP contribution in [-0.2, 0) is 4.12 Å². The zero-order valence-electron chi connectivity index (χ0n) is 14.8. The van der Waals surface area contributed by atoms with Crippen molar-refractivity contribution in [2.45, 2.75) is 72.0 Å². The molecule has 0 atom stereocenters. The normalized spacial score (nSPS) is 23.5. The zero-order chi connectivity index (χ0) is 15.4. The van der Waals surface area contributed by atoms with Crippen LogP contribution in [0.2, 0.25) is 72.0 Å². The van der Waals surface area contributed by atoms with Crippen molar-refractivity contribution in [3.63, 3.8) is 0 Å². The quantitative estimate of drug-likeness (QED) is 0.718.